The first-order valence-electron chi connectivity index (χ1n) is 7.56. The van der Waals surface area contributed by atoms with Gasteiger partial charge in [-0.15, -0.1) is 10.2 Å². The molecule has 0 bridgehead atoms. The van der Waals surface area contributed by atoms with Crippen LogP contribution in [0.1, 0.15) is 24.8 Å². The van der Waals surface area contributed by atoms with Crippen molar-refractivity contribution in [3.05, 3.63) is 35.7 Å². The molecule has 0 saturated carbocycles. The van der Waals surface area contributed by atoms with Crippen LogP contribution in [-0.2, 0) is 11.3 Å². The van der Waals surface area contributed by atoms with Gasteiger partial charge in [0.15, 0.2) is 0 Å². The highest BCUT2D eigenvalue weighted by Gasteiger charge is 2.29. The molecule has 0 aliphatic carbocycles. The molecule has 2 aromatic rings. The standard InChI is InChI=1S/C16H17N5O2/c1-2-13-15(22)18-7-8-21(13)10-14-19-20-16(23-14)12-5-3-11(9-17)4-6-12/h3-6,13H,2,7-8,10H2,1H3,(H,18,22). The van der Waals surface area contributed by atoms with Crippen molar-refractivity contribution in [2.24, 2.45) is 0 Å². The monoisotopic (exact) mass is 311 g/mol. The topological polar surface area (TPSA) is 95.0 Å². The van der Waals surface area contributed by atoms with Gasteiger partial charge >= 0.3 is 0 Å². The number of amides is 1. The predicted molar refractivity (Wildman–Crippen MR) is 81.9 cm³/mol. The van der Waals surface area contributed by atoms with Crippen LogP contribution in [0.25, 0.3) is 11.5 Å². The molecule has 0 spiro atoms. The molecule has 1 saturated heterocycles. The van der Waals surface area contributed by atoms with E-state index in [2.05, 4.69) is 26.5 Å². The third-order valence-corrected chi connectivity index (χ3v) is 3.89. The van der Waals surface area contributed by atoms with Crippen LogP contribution < -0.4 is 5.32 Å². The smallest absolute Gasteiger partial charge is 0.247 e. The zero-order chi connectivity index (χ0) is 16.2. The summed E-state index contributed by atoms with van der Waals surface area (Å²) in [4.78, 5) is 13.9. The van der Waals surface area contributed by atoms with Crippen LogP contribution in [-0.4, -0.2) is 40.1 Å². The molecule has 23 heavy (non-hydrogen) atoms. The van der Waals surface area contributed by atoms with Crippen molar-refractivity contribution in [3.63, 3.8) is 0 Å². The van der Waals surface area contributed by atoms with Crippen LogP contribution in [0.5, 0.6) is 0 Å². The number of nitrogens with one attached hydrogen (secondary N) is 1. The summed E-state index contributed by atoms with van der Waals surface area (Å²) in [5.41, 5.74) is 1.35. The van der Waals surface area contributed by atoms with Gasteiger partial charge in [0.2, 0.25) is 17.7 Å². The van der Waals surface area contributed by atoms with Crippen molar-refractivity contribution < 1.29 is 9.21 Å². The minimum Gasteiger partial charge on any atom is -0.419 e. The van der Waals surface area contributed by atoms with Gasteiger partial charge in [0, 0.05) is 18.7 Å². The molecule has 1 N–H and O–H groups in total. The molecule has 2 heterocycles. The molecule has 1 atom stereocenters. The fourth-order valence-electron chi connectivity index (χ4n) is 2.69. The van der Waals surface area contributed by atoms with Crippen molar-refractivity contribution in [1.29, 1.82) is 5.26 Å². The van der Waals surface area contributed by atoms with Crippen LogP contribution in [0, 0.1) is 11.3 Å². The number of nitriles is 1. The van der Waals surface area contributed by atoms with Gasteiger partial charge in [-0.3, -0.25) is 9.69 Å². The highest BCUT2D eigenvalue weighted by molar-refractivity contribution is 5.82. The maximum absolute atomic E-state index is 11.9. The lowest BCUT2D eigenvalue weighted by molar-refractivity contribution is -0.129. The van der Waals surface area contributed by atoms with Crippen molar-refractivity contribution in [2.45, 2.75) is 25.9 Å². The third-order valence-electron chi connectivity index (χ3n) is 3.89. The number of piperazine rings is 1. The average Bonchev–Trinajstić information content (AvgIpc) is 3.04. The summed E-state index contributed by atoms with van der Waals surface area (Å²) in [6.07, 6.45) is 0.739. The van der Waals surface area contributed by atoms with Crippen molar-refractivity contribution >= 4 is 5.91 Å². The van der Waals surface area contributed by atoms with Crippen LogP contribution in [0.15, 0.2) is 28.7 Å². The van der Waals surface area contributed by atoms with Gasteiger partial charge in [-0.25, -0.2) is 0 Å². The van der Waals surface area contributed by atoms with E-state index in [4.69, 9.17) is 9.68 Å². The van der Waals surface area contributed by atoms with Gasteiger partial charge in [0.05, 0.1) is 24.2 Å². The molecule has 1 fully saturated rings. The molecule has 1 aliphatic rings. The van der Waals surface area contributed by atoms with E-state index in [9.17, 15) is 4.79 Å². The van der Waals surface area contributed by atoms with Gasteiger partial charge in [-0.2, -0.15) is 5.26 Å². The van der Waals surface area contributed by atoms with Crippen LogP contribution >= 0.6 is 0 Å². The van der Waals surface area contributed by atoms with Crippen LogP contribution in [0.3, 0.4) is 0 Å². The minimum atomic E-state index is -0.158. The lowest BCUT2D eigenvalue weighted by atomic mass is 10.1. The number of hydrogen-bond acceptors (Lipinski definition) is 6. The predicted octanol–water partition coefficient (Wildman–Crippen LogP) is 1.32. The summed E-state index contributed by atoms with van der Waals surface area (Å²) < 4.78 is 5.70. The Hall–Kier alpha value is -2.72. The van der Waals surface area contributed by atoms with Gasteiger partial charge in [-0.1, -0.05) is 6.92 Å². The Balaban J connectivity index is 1.74. The second-order valence-corrected chi connectivity index (χ2v) is 5.38. The minimum absolute atomic E-state index is 0.0468. The lowest BCUT2D eigenvalue weighted by Gasteiger charge is -2.33. The number of aromatic nitrogens is 2. The Morgan fingerprint density at radius 1 is 1.39 bits per heavy atom. The second-order valence-electron chi connectivity index (χ2n) is 5.38. The largest absolute Gasteiger partial charge is 0.419 e. The molecule has 118 valence electrons. The van der Waals surface area contributed by atoms with E-state index in [1.807, 2.05) is 6.92 Å². The van der Waals surface area contributed by atoms with Gasteiger partial charge < -0.3 is 9.73 Å². The molecule has 7 heteroatoms. The van der Waals surface area contributed by atoms with E-state index >= 15 is 0 Å². The first kappa shape index (κ1) is 15.2. The van der Waals surface area contributed by atoms with Gasteiger partial charge in [0.25, 0.3) is 0 Å². The quantitative estimate of drug-likeness (QED) is 0.915. The summed E-state index contributed by atoms with van der Waals surface area (Å²) in [5, 5.41) is 19.8. The first-order valence-corrected chi connectivity index (χ1v) is 7.56. The Kier molecular flexibility index (Phi) is 4.35. The zero-order valence-corrected chi connectivity index (χ0v) is 12.8. The number of benzene rings is 1. The highest BCUT2D eigenvalue weighted by atomic mass is 16.4. The van der Waals surface area contributed by atoms with E-state index in [0.717, 1.165) is 18.5 Å². The van der Waals surface area contributed by atoms with Crippen molar-refractivity contribution in [3.8, 4) is 17.5 Å². The Bertz CT molecular complexity index is 732. The van der Waals surface area contributed by atoms with E-state index in [1.165, 1.54) is 0 Å². The van der Waals surface area contributed by atoms with E-state index < -0.39 is 0 Å². The molecule has 1 aromatic carbocycles. The van der Waals surface area contributed by atoms with E-state index in [-0.39, 0.29) is 11.9 Å². The Labute approximate surface area is 133 Å². The normalized spacial score (nSPS) is 18.4. The molecule has 1 amide bonds. The highest BCUT2D eigenvalue weighted by Crippen LogP contribution is 2.20. The third kappa shape index (κ3) is 3.22. The molecule has 3 rings (SSSR count). The lowest BCUT2D eigenvalue weighted by Crippen LogP contribution is -2.54. The summed E-state index contributed by atoms with van der Waals surface area (Å²) in [6.45, 7) is 3.83. The fourth-order valence-corrected chi connectivity index (χ4v) is 2.69. The number of nitrogens with zero attached hydrogens (tertiary/aromatic N) is 4. The Morgan fingerprint density at radius 2 is 2.17 bits per heavy atom. The van der Waals surface area contributed by atoms with Crippen molar-refractivity contribution in [2.75, 3.05) is 13.1 Å². The van der Waals surface area contributed by atoms with E-state index in [1.54, 1.807) is 24.3 Å². The first-order chi connectivity index (χ1) is 11.2. The SMILES string of the molecule is CCC1C(=O)NCCN1Cc1nnc(-c2ccc(C#N)cc2)o1. The maximum atomic E-state index is 11.9. The van der Waals surface area contributed by atoms with Gasteiger partial charge in [0.1, 0.15) is 0 Å². The molecule has 1 unspecified atom stereocenters. The fraction of sp³-hybridized carbons (Fsp3) is 0.375. The number of hydrogen-bond donors (Lipinski definition) is 1. The molecule has 1 aromatic heterocycles. The average molecular weight is 311 g/mol. The molecular weight excluding hydrogens is 294 g/mol. The summed E-state index contributed by atoms with van der Waals surface area (Å²) in [6, 6.07) is 8.88. The van der Waals surface area contributed by atoms with Crippen LogP contribution in [0.4, 0.5) is 0 Å². The van der Waals surface area contributed by atoms with Crippen LogP contribution in [0.2, 0.25) is 0 Å². The molecule has 0 radical (unpaired) electrons. The van der Waals surface area contributed by atoms with Crippen molar-refractivity contribution in [1.82, 2.24) is 20.4 Å². The molecular formula is C16H17N5O2. The van der Waals surface area contributed by atoms with Gasteiger partial charge in [-0.05, 0) is 30.7 Å². The zero-order valence-electron chi connectivity index (χ0n) is 12.8. The molecule has 1 aliphatic heterocycles. The Morgan fingerprint density at radius 3 is 2.87 bits per heavy atom. The van der Waals surface area contributed by atoms with E-state index in [0.29, 0.717) is 30.4 Å². The number of rotatable bonds is 4. The number of carbonyl (C=O) groups is 1. The summed E-state index contributed by atoms with van der Waals surface area (Å²) >= 11 is 0. The summed E-state index contributed by atoms with van der Waals surface area (Å²) in [7, 11) is 0. The number of carbonyl (C=O) groups excluding carboxylic acids is 1. The second kappa shape index (κ2) is 6.58. The maximum Gasteiger partial charge on any atom is 0.247 e. The summed E-state index contributed by atoms with van der Waals surface area (Å²) in [5.74, 6) is 0.946. The molecule has 7 nitrogen and oxygen atoms in total.